The Morgan fingerprint density at radius 3 is 2.41 bits per heavy atom. The number of hydrogen-bond acceptors (Lipinski definition) is 4. The highest BCUT2D eigenvalue weighted by molar-refractivity contribution is 9.10. The lowest BCUT2D eigenvalue weighted by Gasteiger charge is -2.27. The molecule has 0 saturated heterocycles. The maximum atomic E-state index is 13.5. The number of carbonyl (C=O) groups excluding carboxylic acids is 1. The van der Waals surface area contributed by atoms with Crippen molar-refractivity contribution < 1.29 is 22.3 Å². The van der Waals surface area contributed by atoms with Crippen LogP contribution in [0.15, 0.2) is 65.1 Å². The molecule has 178 valence electrons. The second kappa shape index (κ2) is 9.20. The van der Waals surface area contributed by atoms with Gasteiger partial charge in [0.05, 0.1) is 18.5 Å². The first-order valence-electron chi connectivity index (χ1n) is 10.3. The van der Waals surface area contributed by atoms with E-state index in [1.54, 1.807) is 36.4 Å². The third-order valence-electron chi connectivity index (χ3n) is 5.67. The molecule has 0 spiro atoms. The van der Waals surface area contributed by atoms with Crippen LogP contribution in [-0.2, 0) is 33.4 Å². The fraction of sp³-hybridized carbons (Fsp3) is 0.208. The second-order valence-corrected chi connectivity index (χ2v) is 11.2. The Balaban J connectivity index is 1.77. The molecule has 34 heavy (non-hydrogen) atoms. The molecule has 1 heterocycles. The predicted molar refractivity (Wildman–Crippen MR) is 133 cm³/mol. The van der Waals surface area contributed by atoms with Crippen molar-refractivity contribution in [3.63, 3.8) is 0 Å². The number of hydrogen-bond donors (Lipinski definition) is 1. The summed E-state index contributed by atoms with van der Waals surface area (Å²) in [5.41, 5.74) is 0.901. The van der Waals surface area contributed by atoms with Gasteiger partial charge in [-0.3, -0.25) is 9.10 Å². The number of carbonyl (C=O) groups is 1. The summed E-state index contributed by atoms with van der Waals surface area (Å²) in [4.78, 5) is 13.0. The van der Waals surface area contributed by atoms with Crippen molar-refractivity contribution in [2.75, 3.05) is 17.6 Å². The zero-order valence-corrected chi connectivity index (χ0v) is 21.5. The molecule has 1 unspecified atom stereocenters. The van der Waals surface area contributed by atoms with Crippen LogP contribution in [0.3, 0.4) is 0 Å². The first kappa shape index (κ1) is 24.5. The number of rotatable bonds is 6. The summed E-state index contributed by atoms with van der Waals surface area (Å²) in [6.45, 7) is 0.0753. The van der Waals surface area contributed by atoms with Crippen molar-refractivity contribution in [3.05, 3.63) is 92.7 Å². The average Bonchev–Trinajstić information content (AvgIpc) is 3.16. The Morgan fingerprint density at radius 1 is 1.18 bits per heavy atom. The minimum absolute atomic E-state index is 0.0753. The Bertz CT molecular complexity index is 1350. The first-order chi connectivity index (χ1) is 16.0. The lowest BCUT2D eigenvalue weighted by molar-refractivity contribution is -0.135. The number of nitrogens with zero attached hydrogens (tertiary/aromatic N) is 1. The average molecular weight is 568 g/mol. The van der Waals surface area contributed by atoms with Crippen LogP contribution in [0.25, 0.3) is 0 Å². The van der Waals surface area contributed by atoms with Crippen molar-refractivity contribution >= 4 is 49.1 Å². The summed E-state index contributed by atoms with van der Waals surface area (Å²) in [7, 11) is -2.18. The highest BCUT2D eigenvalue weighted by Gasteiger charge is 2.48. The number of halogens is 3. The van der Waals surface area contributed by atoms with Crippen molar-refractivity contribution in [1.82, 2.24) is 5.32 Å². The molecular formula is C24H21BrClFN2O4S. The molecule has 3 aromatic carbocycles. The summed E-state index contributed by atoms with van der Waals surface area (Å²) < 4.78 is 47.0. The summed E-state index contributed by atoms with van der Waals surface area (Å²) >= 11 is 9.45. The van der Waals surface area contributed by atoms with Crippen LogP contribution < -0.4 is 14.4 Å². The molecule has 0 fully saturated rings. The van der Waals surface area contributed by atoms with Crippen molar-refractivity contribution in [2.24, 2.45) is 0 Å². The van der Waals surface area contributed by atoms with Gasteiger partial charge in [-0.2, -0.15) is 0 Å². The van der Waals surface area contributed by atoms with E-state index in [-0.39, 0.29) is 13.0 Å². The van der Waals surface area contributed by atoms with E-state index in [4.69, 9.17) is 16.3 Å². The van der Waals surface area contributed by atoms with Gasteiger partial charge in [0.2, 0.25) is 15.6 Å². The van der Waals surface area contributed by atoms with E-state index in [0.717, 1.165) is 11.8 Å². The van der Waals surface area contributed by atoms with E-state index in [0.29, 0.717) is 32.1 Å². The van der Waals surface area contributed by atoms with Crippen LogP contribution in [0.2, 0.25) is 5.02 Å². The molecule has 4 rings (SSSR count). The molecule has 6 nitrogen and oxygen atoms in total. The summed E-state index contributed by atoms with van der Waals surface area (Å²) in [6, 6.07) is 15.8. The van der Waals surface area contributed by atoms with Gasteiger partial charge in [0.25, 0.3) is 5.91 Å². The molecule has 1 amide bonds. The summed E-state index contributed by atoms with van der Waals surface area (Å²) in [6.07, 6.45) is 1.32. The van der Waals surface area contributed by atoms with Crippen LogP contribution in [0.4, 0.5) is 10.1 Å². The molecule has 0 aromatic heterocycles. The number of fused-ring (bicyclic) bond motifs is 1. The van der Waals surface area contributed by atoms with Gasteiger partial charge in [0.1, 0.15) is 11.6 Å². The second-order valence-electron chi connectivity index (χ2n) is 8.00. The van der Waals surface area contributed by atoms with Crippen LogP contribution >= 0.6 is 27.5 Å². The molecule has 0 bridgehead atoms. The summed E-state index contributed by atoms with van der Waals surface area (Å²) in [5.74, 6) is -0.452. The van der Waals surface area contributed by atoms with Crippen molar-refractivity contribution in [2.45, 2.75) is 18.6 Å². The number of sulfonamides is 1. The van der Waals surface area contributed by atoms with E-state index in [9.17, 15) is 17.6 Å². The lowest BCUT2D eigenvalue weighted by atomic mass is 9.88. The van der Waals surface area contributed by atoms with Crippen LogP contribution in [0.5, 0.6) is 5.75 Å². The standard InChI is InChI=1S/C24H21BrClFN2O4S/c1-28-23(30)24(17-5-9-19(27)10-6-17)13-16-11-20(25)21(12-22(16)33-24)29(34(2,31)32)14-15-3-7-18(26)8-4-15/h3-12H,13-14H2,1-2H3,(H,28,30). The van der Waals surface area contributed by atoms with Gasteiger partial charge in [-0.25, -0.2) is 12.8 Å². The molecule has 1 aliphatic rings. The highest BCUT2D eigenvalue weighted by Crippen LogP contribution is 2.46. The zero-order chi connectivity index (χ0) is 24.7. The van der Waals surface area contributed by atoms with E-state index in [1.807, 2.05) is 0 Å². The number of amides is 1. The zero-order valence-electron chi connectivity index (χ0n) is 18.3. The number of benzene rings is 3. The molecule has 10 heteroatoms. The molecule has 0 saturated carbocycles. The number of ether oxygens (including phenoxy) is 1. The van der Waals surface area contributed by atoms with Gasteiger partial charge in [0, 0.05) is 40.2 Å². The number of nitrogens with one attached hydrogen (secondary N) is 1. The largest absolute Gasteiger partial charge is 0.472 e. The topological polar surface area (TPSA) is 75.7 Å². The predicted octanol–water partition coefficient (Wildman–Crippen LogP) is 4.78. The van der Waals surface area contributed by atoms with Crippen LogP contribution in [0.1, 0.15) is 16.7 Å². The molecule has 1 aliphatic heterocycles. The van der Waals surface area contributed by atoms with Gasteiger partial charge in [0.15, 0.2) is 0 Å². The van der Waals surface area contributed by atoms with Gasteiger partial charge in [-0.1, -0.05) is 35.9 Å². The molecule has 3 aromatic rings. The Kier molecular flexibility index (Phi) is 6.63. The van der Waals surface area contributed by atoms with Gasteiger partial charge in [-0.15, -0.1) is 0 Å². The fourth-order valence-electron chi connectivity index (χ4n) is 3.98. The number of likely N-dealkylation sites (N-methyl/N-ethyl adjacent to an activating group) is 1. The smallest absolute Gasteiger partial charge is 0.269 e. The third kappa shape index (κ3) is 4.64. The minimum Gasteiger partial charge on any atom is -0.472 e. The lowest BCUT2D eigenvalue weighted by Crippen LogP contribution is -2.46. The number of anilines is 1. The van der Waals surface area contributed by atoms with Gasteiger partial charge >= 0.3 is 0 Å². The van der Waals surface area contributed by atoms with Crippen LogP contribution in [0, 0.1) is 5.82 Å². The van der Waals surface area contributed by atoms with E-state index >= 15 is 0 Å². The molecule has 1 N–H and O–H groups in total. The van der Waals surface area contributed by atoms with Crippen molar-refractivity contribution in [3.8, 4) is 5.75 Å². The first-order valence-corrected chi connectivity index (χ1v) is 13.3. The molecule has 0 aliphatic carbocycles. The van der Waals surface area contributed by atoms with E-state index < -0.39 is 27.3 Å². The van der Waals surface area contributed by atoms with Crippen molar-refractivity contribution in [1.29, 1.82) is 0 Å². The maximum Gasteiger partial charge on any atom is 0.269 e. The van der Waals surface area contributed by atoms with E-state index in [2.05, 4.69) is 21.2 Å². The van der Waals surface area contributed by atoms with Gasteiger partial charge < -0.3 is 10.1 Å². The monoisotopic (exact) mass is 566 g/mol. The Hall–Kier alpha value is -2.62. The highest BCUT2D eigenvalue weighted by atomic mass is 79.9. The molecule has 0 radical (unpaired) electrons. The molecular weight excluding hydrogens is 547 g/mol. The minimum atomic E-state index is -3.68. The fourth-order valence-corrected chi connectivity index (χ4v) is 5.72. The van der Waals surface area contributed by atoms with Gasteiger partial charge in [-0.05, 0) is 51.8 Å². The summed E-state index contributed by atoms with van der Waals surface area (Å²) in [5, 5.41) is 3.17. The quantitative estimate of drug-likeness (QED) is 0.465. The Morgan fingerprint density at radius 2 is 1.82 bits per heavy atom. The molecule has 1 atom stereocenters. The normalized spacial score (nSPS) is 17.1. The SMILES string of the molecule is CNC(=O)C1(c2ccc(F)cc2)Cc2cc(Br)c(N(Cc3ccc(Cl)cc3)S(C)(=O)=O)cc2O1. The van der Waals surface area contributed by atoms with Crippen LogP contribution in [-0.4, -0.2) is 27.6 Å². The Labute approximate surface area is 210 Å². The maximum absolute atomic E-state index is 13.5. The van der Waals surface area contributed by atoms with E-state index in [1.165, 1.54) is 35.6 Å². The third-order valence-corrected chi connectivity index (χ3v) is 7.68.